The molecule has 1 aromatic rings. The second-order valence-electron chi connectivity index (χ2n) is 4.80. The zero-order valence-corrected chi connectivity index (χ0v) is 10.7. The Kier molecular flexibility index (Phi) is 3.79. The number of halogens is 1. The summed E-state index contributed by atoms with van der Waals surface area (Å²) >= 11 is 0. The Labute approximate surface area is 102 Å². The van der Waals surface area contributed by atoms with Crippen LogP contribution in [0.5, 0.6) is 0 Å². The molecule has 0 spiro atoms. The topological polar surface area (TPSA) is 21.3 Å². The zero-order valence-electron chi connectivity index (χ0n) is 10.7. The van der Waals surface area contributed by atoms with E-state index in [0.717, 1.165) is 36.1 Å². The van der Waals surface area contributed by atoms with Crippen LogP contribution in [0.25, 0.3) is 0 Å². The summed E-state index contributed by atoms with van der Waals surface area (Å²) in [6.07, 6.45) is 2.16. The molecular formula is C14H20FNO. The second-order valence-corrected chi connectivity index (χ2v) is 4.80. The quantitative estimate of drug-likeness (QED) is 0.872. The van der Waals surface area contributed by atoms with E-state index in [1.165, 1.54) is 0 Å². The van der Waals surface area contributed by atoms with Crippen LogP contribution < -0.4 is 5.32 Å². The largest absolute Gasteiger partial charge is 0.376 e. The van der Waals surface area contributed by atoms with E-state index in [1.54, 1.807) is 6.07 Å². The van der Waals surface area contributed by atoms with Crippen LogP contribution in [0.4, 0.5) is 4.39 Å². The van der Waals surface area contributed by atoms with E-state index in [9.17, 15) is 4.39 Å². The molecule has 0 bridgehead atoms. The lowest BCUT2D eigenvalue weighted by Gasteiger charge is -2.25. The minimum Gasteiger partial charge on any atom is -0.376 e. The molecule has 0 aromatic heterocycles. The third-order valence-electron chi connectivity index (χ3n) is 3.44. The molecule has 2 nitrogen and oxygen atoms in total. The molecule has 94 valence electrons. The van der Waals surface area contributed by atoms with Gasteiger partial charge in [-0.3, -0.25) is 0 Å². The highest BCUT2D eigenvalue weighted by Crippen LogP contribution is 2.30. The lowest BCUT2D eigenvalue weighted by atomic mass is 9.93. The van der Waals surface area contributed by atoms with E-state index < -0.39 is 0 Å². The summed E-state index contributed by atoms with van der Waals surface area (Å²) in [4.78, 5) is 0. The van der Waals surface area contributed by atoms with E-state index in [1.807, 2.05) is 27.0 Å². The van der Waals surface area contributed by atoms with E-state index in [0.29, 0.717) is 0 Å². The molecule has 0 aliphatic carbocycles. The van der Waals surface area contributed by atoms with Crippen LogP contribution in [0.15, 0.2) is 12.1 Å². The fourth-order valence-electron chi connectivity index (χ4n) is 2.70. The van der Waals surface area contributed by atoms with Gasteiger partial charge in [0, 0.05) is 12.2 Å². The Bertz CT molecular complexity index is 376. The van der Waals surface area contributed by atoms with E-state index >= 15 is 0 Å². The van der Waals surface area contributed by atoms with Gasteiger partial charge in [0.25, 0.3) is 0 Å². The lowest BCUT2D eigenvalue weighted by Crippen LogP contribution is -2.30. The molecule has 1 aromatic carbocycles. The predicted molar refractivity (Wildman–Crippen MR) is 66.6 cm³/mol. The number of hydrogen-bond acceptors (Lipinski definition) is 2. The van der Waals surface area contributed by atoms with Gasteiger partial charge >= 0.3 is 0 Å². The molecule has 2 rings (SSSR count). The normalized spacial score (nSPS) is 21.8. The summed E-state index contributed by atoms with van der Waals surface area (Å²) in [6, 6.07) is 3.58. The standard InChI is InChI=1S/C14H20FNO/c1-9-7-10(2)13(11(15)8-9)14(16-3)12-5-4-6-17-12/h7-8,12,14,16H,4-6H2,1-3H3. The monoisotopic (exact) mass is 237 g/mol. The molecule has 2 unspecified atom stereocenters. The van der Waals surface area contributed by atoms with Crippen molar-refractivity contribution in [1.82, 2.24) is 5.32 Å². The summed E-state index contributed by atoms with van der Waals surface area (Å²) in [6.45, 7) is 4.67. The van der Waals surface area contributed by atoms with Gasteiger partial charge in [0.1, 0.15) is 5.82 Å². The maximum atomic E-state index is 14.1. The average Bonchev–Trinajstić information content (AvgIpc) is 2.76. The van der Waals surface area contributed by atoms with Crippen LogP contribution in [-0.2, 0) is 4.74 Å². The van der Waals surface area contributed by atoms with Crippen LogP contribution in [-0.4, -0.2) is 19.8 Å². The van der Waals surface area contributed by atoms with Crippen molar-refractivity contribution in [2.45, 2.75) is 38.8 Å². The van der Waals surface area contributed by atoms with Crippen LogP contribution in [0, 0.1) is 19.7 Å². The molecule has 0 saturated carbocycles. The maximum absolute atomic E-state index is 14.1. The Balaban J connectivity index is 2.36. The van der Waals surface area contributed by atoms with Crippen LogP contribution in [0.1, 0.15) is 35.6 Å². The van der Waals surface area contributed by atoms with Crippen LogP contribution >= 0.6 is 0 Å². The lowest BCUT2D eigenvalue weighted by molar-refractivity contribution is 0.0794. The SMILES string of the molecule is CNC(c1c(C)cc(C)cc1F)C1CCCO1. The van der Waals surface area contributed by atoms with Gasteiger partial charge < -0.3 is 10.1 Å². The molecule has 1 heterocycles. The molecule has 17 heavy (non-hydrogen) atoms. The fraction of sp³-hybridized carbons (Fsp3) is 0.571. The van der Waals surface area contributed by atoms with Gasteiger partial charge in [-0.1, -0.05) is 6.07 Å². The Morgan fingerprint density at radius 1 is 1.41 bits per heavy atom. The minimum atomic E-state index is -0.127. The van der Waals surface area contributed by atoms with Crippen molar-refractivity contribution in [1.29, 1.82) is 0 Å². The first-order valence-electron chi connectivity index (χ1n) is 6.19. The second kappa shape index (κ2) is 5.15. The van der Waals surface area contributed by atoms with Gasteiger partial charge in [-0.2, -0.15) is 0 Å². The van der Waals surface area contributed by atoms with Crippen molar-refractivity contribution < 1.29 is 9.13 Å². The summed E-state index contributed by atoms with van der Waals surface area (Å²) in [5, 5.41) is 3.20. The molecule has 1 fully saturated rings. The molecule has 0 amide bonds. The van der Waals surface area contributed by atoms with E-state index in [-0.39, 0.29) is 18.0 Å². The fourth-order valence-corrected chi connectivity index (χ4v) is 2.70. The number of likely N-dealkylation sites (N-methyl/N-ethyl adjacent to an activating group) is 1. The van der Waals surface area contributed by atoms with Crippen molar-refractivity contribution in [2.24, 2.45) is 0 Å². The van der Waals surface area contributed by atoms with Gasteiger partial charge in [0.15, 0.2) is 0 Å². The van der Waals surface area contributed by atoms with Crippen molar-refractivity contribution >= 4 is 0 Å². The van der Waals surface area contributed by atoms with Crippen LogP contribution in [0.2, 0.25) is 0 Å². The van der Waals surface area contributed by atoms with Gasteiger partial charge in [0.2, 0.25) is 0 Å². The maximum Gasteiger partial charge on any atom is 0.128 e. The summed E-state index contributed by atoms with van der Waals surface area (Å²) in [5.74, 6) is -0.127. The van der Waals surface area contributed by atoms with Gasteiger partial charge in [-0.15, -0.1) is 0 Å². The summed E-state index contributed by atoms with van der Waals surface area (Å²) in [7, 11) is 1.87. The van der Waals surface area contributed by atoms with Crippen molar-refractivity contribution in [3.05, 3.63) is 34.6 Å². The molecule has 3 heteroatoms. The first-order valence-corrected chi connectivity index (χ1v) is 6.19. The van der Waals surface area contributed by atoms with Crippen LogP contribution in [0.3, 0.4) is 0 Å². The molecule has 0 radical (unpaired) electrons. The molecule has 2 atom stereocenters. The predicted octanol–water partition coefficient (Wildman–Crippen LogP) is 2.88. The van der Waals surface area contributed by atoms with Gasteiger partial charge in [0.05, 0.1) is 12.1 Å². The third kappa shape index (κ3) is 2.50. The number of hydrogen-bond donors (Lipinski definition) is 1. The van der Waals surface area contributed by atoms with Crippen molar-refractivity contribution in [3.8, 4) is 0 Å². The number of ether oxygens (including phenoxy) is 1. The average molecular weight is 237 g/mol. The van der Waals surface area contributed by atoms with Gasteiger partial charge in [-0.25, -0.2) is 4.39 Å². The number of aryl methyl sites for hydroxylation is 2. The minimum absolute atomic E-state index is 0.0434. The molecular weight excluding hydrogens is 217 g/mol. The summed E-state index contributed by atoms with van der Waals surface area (Å²) < 4.78 is 19.8. The Hall–Kier alpha value is -0.930. The van der Waals surface area contributed by atoms with E-state index in [2.05, 4.69) is 5.32 Å². The number of benzene rings is 1. The third-order valence-corrected chi connectivity index (χ3v) is 3.44. The Morgan fingerprint density at radius 3 is 2.71 bits per heavy atom. The number of nitrogens with one attached hydrogen (secondary N) is 1. The van der Waals surface area contributed by atoms with Crippen molar-refractivity contribution in [2.75, 3.05) is 13.7 Å². The van der Waals surface area contributed by atoms with Crippen molar-refractivity contribution in [3.63, 3.8) is 0 Å². The Morgan fingerprint density at radius 2 is 2.18 bits per heavy atom. The highest BCUT2D eigenvalue weighted by Gasteiger charge is 2.29. The highest BCUT2D eigenvalue weighted by molar-refractivity contribution is 5.35. The summed E-state index contributed by atoms with van der Waals surface area (Å²) in [5.41, 5.74) is 2.72. The molecule has 1 N–H and O–H groups in total. The zero-order chi connectivity index (χ0) is 12.4. The highest BCUT2D eigenvalue weighted by atomic mass is 19.1. The molecule has 1 aliphatic heterocycles. The molecule has 1 saturated heterocycles. The first-order chi connectivity index (χ1) is 8.13. The van der Waals surface area contributed by atoms with E-state index in [4.69, 9.17) is 4.74 Å². The smallest absolute Gasteiger partial charge is 0.128 e. The molecule has 1 aliphatic rings. The van der Waals surface area contributed by atoms with Gasteiger partial charge in [-0.05, 0) is 50.9 Å². The first kappa shape index (κ1) is 12.5. The number of rotatable bonds is 3.